The fraction of sp³-hybridized carbons (Fsp3) is 0.467. The fourth-order valence-electron chi connectivity index (χ4n) is 2.95. The third-order valence-corrected chi connectivity index (χ3v) is 4.18. The van der Waals surface area contributed by atoms with Gasteiger partial charge in [0.2, 0.25) is 5.91 Å². The fourth-order valence-corrected chi connectivity index (χ4v) is 2.95. The van der Waals surface area contributed by atoms with Crippen LogP contribution in [0.4, 0.5) is 5.69 Å². The second kappa shape index (κ2) is 5.73. The molecule has 0 aromatic heterocycles. The molecule has 112 valence electrons. The lowest BCUT2D eigenvalue weighted by Gasteiger charge is -2.28. The van der Waals surface area contributed by atoms with Gasteiger partial charge >= 0.3 is 5.97 Å². The summed E-state index contributed by atoms with van der Waals surface area (Å²) in [4.78, 5) is 24.4. The number of amides is 1. The largest absolute Gasteiger partial charge is 0.481 e. The number of carbonyl (C=O) groups excluding carboxylic acids is 1. The maximum absolute atomic E-state index is 11.4. The molecule has 2 unspecified atom stereocenters. The van der Waals surface area contributed by atoms with E-state index >= 15 is 0 Å². The zero-order valence-electron chi connectivity index (χ0n) is 11.7. The van der Waals surface area contributed by atoms with E-state index in [0.29, 0.717) is 26.1 Å². The van der Waals surface area contributed by atoms with E-state index < -0.39 is 5.97 Å². The van der Waals surface area contributed by atoms with E-state index in [9.17, 15) is 9.59 Å². The van der Waals surface area contributed by atoms with E-state index in [4.69, 9.17) is 5.11 Å². The number of nitrogens with zero attached hydrogens (tertiary/aromatic N) is 1. The Bertz CT molecular complexity index is 544. The number of piperazine rings is 1. The van der Waals surface area contributed by atoms with E-state index in [2.05, 4.69) is 10.6 Å². The van der Waals surface area contributed by atoms with Crippen molar-refractivity contribution in [1.82, 2.24) is 10.6 Å². The van der Waals surface area contributed by atoms with Gasteiger partial charge < -0.3 is 20.6 Å². The van der Waals surface area contributed by atoms with Crippen LogP contribution in [0, 0.1) is 5.92 Å². The van der Waals surface area contributed by atoms with Gasteiger partial charge in [0, 0.05) is 31.4 Å². The first-order valence-electron chi connectivity index (χ1n) is 7.21. The lowest BCUT2D eigenvalue weighted by molar-refractivity contribution is -0.141. The Morgan fingerprint density at radius 1 is 1.29 bits per heavy atom. The molecule has 2 aliphatic heterocycles. The highest BCUT2D eigenvalue weighted by atomic mass is 16.4. The summed E-state index contributed by atoms with van der Waals surface area (Å²) < 4.78 is 0. The number of rotatable bonds is 3. The van der Waals surface area contributed by atoms with E-state index in [1.54, 1.807) is 0 Å². The van der Waals surface area contributed by atoms with Gasteiger partial charge in [-0.25, -0.2) is 0 Å². The zero-order chi connectivity index (χ0) is 14.8. The minimum Gasteiger partial charge on any atom is -0.481 e. The Labute approximate surface area is 123 Å². The van der Waals surface area contributed by atoms with Crippen LogP contribution in [0.5, 0.6) is 0 Å². The van der Waals surface area contributed by atoms with Gasteiger partial charge in [0.15, 0.2) is 0 Å². The predicted octanol–water partition coefficient (Wildman–Crippen LogP) is 0.358. The Balaban J connectivity index is 1.67. The van der Waals surface area contributed by atoms with Gasteiger partial charge in [-0.2, -0.15) is 0 Å². The third-order valence-electron chi connectivity index (χ3n) is 4.18. The molecule has 0 aliphatic carbocycles. The summed E-state index contributed by atoms with van der Waals surface area (Å²) in [5.74, 6) is -0.992. The normalized spacial score (nSPS) is 25.7. The SMILES string of the molecule is O=C1CN(c2ccc(C3CC(C(=O)O)CN3)cc2)CCN1. The van der Waals surface area contributed by atoms with Gasteiger partial charge in [-0.05, 0) is 24.1 Å². The van der Waals surface area contributed by atoms with E-state index in [-0.39, 0.29) is 17.9 Å². The molecule has 1 aromatic carbocycles. The van der Waals surface area contributed by atoms with Crippen LogP contribution in [0.1, 0.15) is 18.0 Å². The monoisotopic (exact) mass is 289 g/mol. The van der Waals surface area contributed by atoms with Crippen molar-refractivity contribution in [3.8, 4) is 0 Å². The first-order valence-corrected chi connectivity index (χ1v) is 7.21. The molecule has 1 amide bonds. The van der Waals surface area contributed by atoms with Crippen molar-refractivity contribution in [2.45, 2.75) is 12.5 Å². The van der Waals surface area contributed by atoms with Crippen LogP contribution >= 0.6 is 0 Å². The van der Waals surface area contributed by atoms with Crippen molar-refractivity contribution in [2.75, 3.05) is 31.1 Å². The molecular formula is C15H19N3O3. The van der Waals surface area contributed by atoms with Crippen LogP contribution in [-0.4, -0.2) is 43.2 Å². The molecule has 6 heteroatoms. The summed E-state index contributed by atoms with van der Waals surface area (Å²) in [7, 11) is 0. The molecule has 0 spiro atoms. The minimum atomic E-state index is -0.735. The molecule has 6 nitrogen and oxygen atoms in total. The smallest absolute Gasteiger partial charge is 0.307 e. The first-order chi connectivity index (χ1) is 10.1. The molecule has 2 aliphatic rings. The van der Waals surface area contributed by atoms with Crippen LogP contribution < -0.4 is 15.5 Å². The van der Waals surface area contributed by atoms with E-state index in [0.717, 1.165) is 17.8 Å². The topological polar surface area (TPSA) is 81.7 Å². The van der Waals surface area contributed by atoms with Crippen LogP contribution in [0.2, 0.25) is 0 Å². The number of aliphatic carboxylic acids is 1. The third kappa shape index (κ3) is 3.00. The Hall–Kier alpha value is -2.08. The molecule has 0 radical (unpaired) electrons. The number of hydrogen-bond acceptors (Lipinski definition) is 4. The van der Waals surface area contributed by atoms with Gasteiger partial charge in [0.05, 0.1) is 12.5 Å². The standard InChI is InChI=1S/C15H19N3O3/c19-14-9-18(6-5-16-14)12-3-1-10(2-4-12)13-7-11(8-17-13)15(20)21/h1-4,11,13,17H,5-9H2,(H,16,19)(H,20,21). The lowest BCUT2D eigenvalue weighted by atomic mass is 10.00. The Morgan fingerprint density at radius 3 is 2.67 bits per heavy atom. The van der Waals surface area contributed by atoms with Gasteiger partial charge in [-0.3, -0.25) is 9.59 Å². The molecule has 0 bridgehead atoms. The van der Waals surface area contributed by atoms with Gasteiger partial charge in [0.25, 0.3) is 0 Å². The highest BCUT2D eigenvalue weighted by Crippen LogP contribution is 2.28. The molecule has 0 saturated carbocycles. The molecule has 2 atom stereocenters. The van der Waals surface area contributed by atoms with E-state index in [1.165, 1.54) is 0 Å². The molecule has 1 aromatic rings. The van der Waals surface area contributed by atoms with Crippen molar-refractivity contribution >= 4 is 17.6 Å². The summed E-state index contributed by atoms with van der Waals surface area (Å²) in [5.41, 5.74) is 2.13. The number of anilines is 1. The minimum absolute atomic E-state index is 0.0482. The molecule has 3 N–H and O–H groups in total. The number of hydrogen-bond donors (Lipinski definition) is 3. The second-order valence-corrected chi connectivity index (χ2v) is 5.59. The number of carboxylic acids is 1. The molecule has 2 saturated heterocycles. The summed E-state index contributed by atoms with van der Waals surface area (Å²) in [6, 6.07) is 8.14. The lowest BCUT2D eigenvalue weighted by Crippen LogP contribution is -2.47. The van der Waals surface area contributed by atoms with Gasteiger partial charge in [-0.1, -0.05) is 12.1 Å². The van der Waals surface area contributed by atoms with Gasteiger partial charge in [0.1, 0.15) is 0 Å². The van der Waals surface area contributed by atoms with Crippen LogP contribution in [0.25, 0.3) is 0 Å². The highest BCUT2D eigenvalue weighted by molar-refractivity contribution is 5.82. The Kier molecular flexibility index (Phi) is 3.79. The zero-order valence-corrected chi connectivity index (χ0v) is 11.7. The quantitative estimate of drug-likeness (QED) is 0.748. The molecular weight excluding hydrogens is 270 g/mol. The summed E-state index contributed by atoms with van der Waals surface area (Å²) in [6.07, 6.45) is 0.626. The number of nitrogens with one attached hydrogen (secondary N) is 2. The van der Waals surface area contributed by atoms with E-state index in [1.807, 2.05) is 29.2 Å². The molecule has 2 heterocycles. The second-order valence-electron chi connectivity index (χ2n) is 5.59. The van der Waals surface area contributed by atoms with Crippen molar-refractivity contribution in [3.05, 3.63) is 29.8 Å². The molecule has 3 rings (SSSR count). The van der Waals surface area contributed by atoms with Crippen LogP contribution in [0.3, 0.4) is 0 Å². The highest BCUT2D eigenvalue weighted by Gasteiger charge is 2.30. The molecule has 2 fully saturated rings. The Morgan fingerprint density at radius 2 is 2.05 bits per heavy atom. The van der Waals surface area contributed by atoms with Crippen molar-refractivity contribution in [1.29, 1.82) is 0 Å². The van der Waals surface area contributed by atoms with Crippen LogP contribution in [-0.2, 0) is 9.59 Å². The maximum Gasteiger partial charge on any atom is 0.307 e. The van der Waals surface area contributed by atoms with Crippen molar-refractivity contribution in [3.63, 3.8) is 0 Å². The maximum atomic E-state index is 11.4. The summed E-state index contributed by atoms with van der Waals surface area (Å²) in [6.45, 7) is 2.40. The van der Waals surface area contributed by atoms with Crippen molar-refractivity contribution < 1.29 is 14.7 Å². The number of carbonyl (C=O) groups is 2. The average molecular weight is 289 g/mol. The average Bonchev–Trinajstić information content (AvgIpc) is 2.97. The number of carboxylic acid groups (broad SMARTS) is 1. The molecule has 21 heavy (non-hydrogen) atoms. The summed E-state index contributed by atoms with van der Waals surface area (Å²) >= 11 is 0. The predicted molar refractivity (Wildman–Crippen MR) is 78.2 cm³/mol. The number of benzene rings is 1. The van der Waals surface area contributed by atoms with Gasteiger partial charge in [-0.15, -0.1) is 0 Å². The summed E-state index contributed by atoms with van der Waals surface area (Å²) in [5, 5.41) is 15.1. The van der Waals surface area contributed by atoms with Crippen molar-refractivity contribution in [2.24, 2.45) is 5.92 Å². The van der Waals surface area contributed by atoms with Crippen LogP contribution in [0.15, 0.2) is 24.3 Å². The first kappa shape index (κ1) is 13.9.